The molecule has 11 rings (SSSR count). The second-order valence-electron chi connectivity index (χ2n) is 20.7. The third kappa shape index (κ3) is 8.04. The van der Waals surface area contributed by atoms with Crippen molar-refractivity contribution in [1.82, 2.24) is 34.6 Å². The summed E-state index contributed by atoms with van der Waals surface area (Å²) in [6, 6.07) is 17.7. The highest BCUT2D eigenvalue weighted by Gasteiger charge is 2.61. The quantitative estimate of drug-likeness (QED) is 0.138. The minimum absolute atomic E-state index is 0.0104. The molecule has 0 radical (unpaired) electrons. The average molecular weight is 947 g/mol. The van der Waals surface area contributed by atoms with E-state index in [4.69, 9.17) is 4.98 Å². The highest BCUT2D eigenvalue weighted by Crippen LogP contribution is 2.59. The Morgan fingerprint density at radius 3 is 2.46 bits per heavy atom. The SMILES string of the molecule is CNc1ccc(-c2ccnc3c2cc([C@H](C)N2CC=C(c4c(C)cc(C(=O)N5CCC(CN6CCN(c7ccc8c(c7)C7(CC7)C(=O)N8C7CCC(=O)NC7=O)C[C@@H]6C)CC5)cc4F)CC2)n3C)cn1. The van der Waals surface area contributed by atoms with Crippen LogP contribution in [-0.2, 0) is 26.8 Å². The minimum atomic E-state index is -0.654. The number of imide groups is 1. The average Bonchev–Trinajstić information content (AvgIpc) is 4.06. The van der Waals surface area contributed by atoms with E-state index in [1.807, 2.05) is 55.5 Å². The fourth-order valence-electron chi connectivity index (χ4n) is 12.3. The van der Waals surface area contributed by atoms with Crippen molar-refractivity contribution in [3.05, 3.63) is 107 Å². The molecule has 3 saturated heterocycles. The molecule has 0 bridgehead atoms. The number of hydrogen-bond donors (Lipinski definition) is 2. The molecule has 1 saturated carbocycles. The van der Waals surface area contributed by atoms with E-state index in [2.05, 4.69) is 86.1 Å². The molecular formula is C55H63FN10O4. The number of piperazine rings is 1. The Morgan fingerprint density at radius 2 is 1.77 bits per heavy atom. The molecule has 364 valence electrons. The lowest BCUT2D eigenvalue weighted by Crippen LogP contribution is -2.54. The molecule has 4 amide bonds. The van der Waals surface area contributed by atoms with Crippen LogP contribution in [0.25, 0.3) is 27.7 Å². The number of halogens is 1. The van der Waals surface area contributed by atoms with E-state index in [0.29, 0.717) is 55.6 Å². The highest BCUT2D eigenvalue weighted by molar-refractivity contribution is 6.15. The number of benzene rings is 2. The van der Waals surface area contributed by atoms with Crippen LogP contribution in [0.15, 0.2) is 73.1 Å². The highest BCUT2D eigenvalue weighted by atomic mass is 19.1. The normalized spacial score (nSPS) is 22.4. The van der Waals surface area contributed by atoms with E-state index in [1.54, 1.807) is 4.90 Å². The van der Waals surface area contributed by atoms with Crippen LogP contribution in [0, 0.1) is 18.7 Å². The number of aromatic nitrogens is 3. The largest absolute Gasteiger partial charge is 0.373 e. The van der Waals surface area contributed by atoms with Gasteiger partial charge in [0, 0.05) is 136 Å². The maximum absolute atomic E-state index is 16.2. The summed E-state index contributed by atoms with van der Waals surface area (Å²) in [6.07, 6.45) is 10.6. The number of anilines is 3. The summed E-state index contributed by atoms with van der Waals surface area (Å²) >= 11 is 0. The molecule has 2 N–H and O–H groups in total. The van der Waals surface area contributed by atoms with Crippen molar-refractivity contribution in [2.75, 3.05) is 74.5 Å². The minimum Gasteiger partial charge on any atom is -0.373 e. The molecule has 70 heavy (non-hydrogen) atoms. The van der Waals surface area contributed by atoms with Crippen molar-refractivity contribution in [1.29, 1.82) is 0 Å². The van der Waals surface area contributed by atoms with Gasteiger partial charge in [-0.1, -0.05) is 6.08 Å². The third-order valence-electron chi connectivity index (χ3n) is 16.5. The maximum Gasteiger partial charge on any atom is 0.253 e. The molecule has 3 aromatic heterocycles. The number of aryl methyl sites for hydroxylation is 2. The molecule has 1 unspecified atom stereocenters. The zero-order valence-electron chi connectivity index (χ0n) is 40.9. The molecule has 5 aliphatic heterocycles. The van der Waals surface area contributed by atoms with E-state index in [1.165, 1.54) is 6.07 Å². The van der Waals surface area contributed by atoms with Gasteiger partial charge < -0.3 is 19.7 Å². The monoisotopic (exact) mass is 947 g/mol. The van der Waals surface area contributed by atoms with Crippen LogP contribution >= 0.6 is 0 Å². The molecule has 3 atom stereocenters. The molecule has 14 nitrogen and oxygen atoms in total. The van der Waals surface area contributed by atoms with Crippen molar-refractivity contribution in [3.63, 3.8) is 0 Å². The van der Waals surface area contributed by atoms with Crippen LogP contribution < -0.4 is 20.4 Å². The van der Waals surface area contributed by atoms with Crippen LogP contribution in [0.1, 0.15) is 97.6 Å². The van der Waals surface area contributed by atoms with Gasteiger partial charge in [-0.15, -0.1) is 0 Å². The number of likely N-dealkylation sites (tertiary alicyclic amines) is 1. The number of carbonyl (C=O) groups excluding carboxylic acids is 4. The topological polar surface area (TPSA) is 139 Å². The summed E-state index contributed by atoms with van der Waals surface area (Å²) in [4.78, 5) is 72.6. The standard InChI is InChI=1S/C55H63FN10O4/c1-33-26-39(27-44(56)50(33)37-15-22-62(23-16-37)35(3)47-29-42-41(12-19-58-51(42)61(47)5)38-6-10-48(57-4)59-30-38)53(69)63-20-13-36(14-21-63)32-64-24-25-65(31-34(64)2)40-7-8-45-43(28-40)55(17-18-55)54(70)66(45)46-9-11-49(67)60-52(46)68/h6-8,10,12,15,19,26-30,34-36,46H,9,11,13-14,16-18,20-25,31-32H2,1-5H3,(H,57,59)(H,60,67,68)/t34-,35-,46?/m0/s1. The van der Waals surface area contributed by atoms with E-state index >= 15 is 4.39 Å². The first kappa shape index (κ1) is 46.0. The summed E-state index contributed by atoms with van der Waals surface area (Å²) in [5.74, 6) is 0.165. The Bertz CT molecular complexity index is 2930. The smallest absolute Gasteiger partial charge is 0.253 e. The van der Waals surface area contributed by atoms with Gasteiger partial charge in [0.05, 0.1) is 5.41 Å². The zero-order valence-corrected chi connectivity index (χ0v) is 40.9. The molecule has 15 heteroatoms. The van der Waals surface area contributed by atoms with Gasteiger partial charge in [-0.2, -0.15) is 0 Å². The van der Waals surface area contributed by atoms with Crippen LogP contribution in [0.5, 0.6) is 0 Å². The Morgan fingerprint density at radius 1 is 0.957 bits per heavy atom. The summed E-state index contributed by atoms with van der Waals surface area (Å²) in [6.45, 7) is 12.8. The van der Waals surface area contributed by atoms with Gasteiger partial charge in [-0.05, 0) is 142 Å². The molecule has 2 aromatic carbocycles. The molecule has 1 aliphatic carbocycles. The van der Waals surface area contributed by atoms with Crippen molar-refractivity contribution in [3.8, 4) is 11.1 Å². The van der Waals surface area contributed by atoms with Gasteiger partial charge in [0.25, 0.3) is 5.91 Å². The van der Waals surface area contributed by atoms with Crippen molar-refractivity contribution >= 4 is 57.4 Å². The van der Waals surface area contributed by atoms with Crippen LogP contribution in [0.3, 0.4) is 0 Å². The van der Waals surface area contributed by atoms with Gasteiger partial charge in [0.15, 0.2) is 0 Å². The summed E-state index contributed by atoms with van der Waals surface area (Å²) in [5, 5.41) is 6.60. The van der Waals surface area contributed by atoms with E-state index < -0.39 is 11.5 Å². The number of rotatable bonds is 10. The van der Waals surface area contributed by atoms with Crippen LogP contribution in [0.4, 0.5) is 21.6 Å². The Labute approximate surface area is 408 Å². The van der Waals surface area contributed by atoms with E-state index in [9.17, 15) is 19.2 Å². The second-order valence-corrected chi connectivity index (χ2v) is 20.7. The van der Waals surface area contributed by atoms with Crippen molar-refractivity contribution in [2.24, 2.45) is 13.0 Å². The fourth-order valence-corrected chi connectivity index (χ4v) is 12.3. The zero-order chi connectivity index (χ0) is 48.6. The maximum atomic E-state index is 16.2. The first-order chi connectivity index (χ1) is 33.8. The number of amides is 4. The van der Waals surface area contributed by atoms with E-state index in [-0.39, 0.29) is 41.9 Å². The van der Waals surface area contributed by atoms with Gasteiger partial charge in [-0.3, -0.25) is 39.2 Å². The number of carbonyl (C=O) groups is 4. The van der Waals surface area contributed by atoms with Crippen molar-refractivity contribution in [2.45, 2.75) is 89.3 Å². The Kier molecular flexibility index (Phi) is 11.9. The molecule has 1 spiro atoms. The Balaban J connectivity index is 0.683. The molecule has 5 aromatic rings. The summed E-state index contributed by atoms with van der Waals surface area (Å²) < 4.78 is 18.3. The van der Waals surface area contributed by atoms with Crippen LogP contribution in [-0.4, -0.2) is 124 Å². The lowest BCUT2D eigenvalue weighted by molar-refractivity contribution is -0.135. The number of pyridine rings is 2. The summed E-state index contributed by atoms with van der Waals surface area (Å²) in [7, 11) is 3.93. The molecular weight excluding hydrogens is 884 g/mol. The predicted octanol–water partition coefficient (Wildman–Crippen LogP) is 7.22. The predicted molar refractivity (Wildman–Crippen MR) is 270 cm³/mol. The molecule has 8 heterocycles. The lowest BCUT2D eigenvalue weighted by Gasteiger charge is -2.43. The first-order valence-corrected chi connectivity index (χ1v) is 25.2. The van der Waals surface area contributed by atoms with Gasteiger partial charge in [0.1, 0.15) is 23.3 Å². The number of hydrogen-bond acceptors (Lipinski definition) is 10. The van der Waals surface area contributed by atoms with Crippen molar-refractivity contribution < 1.29 is 23.6 Å². The number of nitrogens with zero attached hydrogens (tertiary/aromatic N) is 8. The van der Waals surface area contributed by atoms with Gasteiger partial charge in [-0.25, -0.2) is 14.4 Å². The third-order valence-corrected chi connectivity index (χ3v) is 16.5. The lowest BCUT2D eigenvalue weighted by atomic mass is 9.92. The first-order valence-electron chi connectivity index (χ1n) is 25.2. The number of piperidine rings is 2. The summed E-state index contributed by atoms with van der Waals surface area (Å²) in [5.41, 5.74) is 9.40. The molecule has 4 fully saturated rings. The van der Waals surface area contributed by atoms with Gasteiger partial charge >= 0.3 is 0 Å². The van der Waals surface area contributed by atoms with Gasteiger partial charge in [0.2, 0.25) is 17.7 Å². The van der Waals surface area contributed by atoms with Crippen LogP contribution in [0.2, 0.25) is 0 Å². The fraction of sp³-hybridized carbons (Fsp3) is 0.455. The Hall–Kier alpha value is -6.45. The number of nitrogens with one attached hydrogen (secondary N) is 2. The number of fused-ring (bicyclic) bond motifs is 3. The molecule has 6 aliphatic rings. The second kappa shape index (κ2) is 18.1. The van der Waals surface area contributed by atoms with E-state index in [0.717, 1.165) is 120 Å².